The Morgan fingerprint density at radius 3 is 2.67 bits per heavy atom. The van der Waals surface area contributed by atoms with Crippen LogP contribution in [0, 0.1) is 12.8 Å². The van der Waals surface area contributed by atoms with Gasteiger partial charge in [-0.25, -0.2) is 0 Å². The maximum Gasteiger partial charge on any atom is 0.0544 e. The number of halogens is 1. The van der Waals surface area contributed by atoms with Crippen LogP contribution in [0.4, 0.5) is 0 Å². The van der Waals surface area contributed by atoms with E-state index in [9.17, 15) is 0 Å². The van der Waals surface area contributed by atoms with Gasteiger partial charge < -0.3 is 5.32 Å². The molecule has 0 saturated carbocycles. The largest absolute Gasteiger partial charge is 0.307 e. The summed E-state index contributed by atoms with van der Waals surface area (Å²) >= 11 is 3.52. The summed E-state index contributed by atoms with van der Waals surface area (Å²) in [5.41, 5.74) is 2.19. The summed E-state index contributed by atoms with van der Waals surface area (Å²) in [5.74, 6) is 0.634. The minimum Gasteiger partial charge on any atom is -0.307 e. The van der Waals surface area contributed by atoms with Crippen molar-refractivity contribution < 1.29 is 0 Å². The molecule has 0 spiro atoms. The lowest BCUT2D eigenvalue weighted by Gasteiger charge is -2.19. The van der Waals surface area contributed by atoms with Crippen LogP contribution in [-0.2, 0) is 6.54 Å². The second kappa shape index (κ2) is 6.23. The van der Waals surface area contributed by atoms with Crippen LogP contribution in [0.3, 0.4) is 0 Å². The Hall–Kier alpha value is -0.410. The van der Waals surface area contributed by atoms with Gasteiger partial charge in [-0.15, -0.1) is 0 Å². The number of aryl methyl sites for hydroxylation is 1. The average Bonchev–Trinajstić information content (AvgIpc) is 2.18. The van der Waals surface area contributed by atoms with E-state index in [0.29, 0.717) is 12.0 Å². The first-order valence-electron chi connectivity index (χ1n) is 5.35. The van der Waals surface area contributed by atoms with Gasteiger partial charge in [0.25, 0.3) is 0 Å². The smallest absolute Gasteiger partial charge is 0.0544 e. The first-order valence-corrected chi connectivity index (χ1v) is 6.47. The number of alkyl halides is 1. The summed E-state index contributed by atoms with van der Waals surface area (Å²) in [5, 5.41) is 4.49. The van der Waals surface area contributed by atoms with Crippen molar-refractivity contribution in [3.05, 3.63) is 29.6 Å². The van der Waals surface area contributed by atoms with E-state index >= 15 is 0 Å². The van der Waals surface area contributed by atoms with Crippen molar-refractivity contribution in [3.63, 3.8) is 0 Å². The number of hydrogen-bond donors (Lipinski definition) is 1. The molecule has 3 heteroatoms. The monoisotopic (exact) mass is 270 g/mol. The molecule has 0 bridgehead atoms. The Bertz CT molecular complexity index is 299. The predicted octanol–water partition coefficient (Wildman–Crippen LogP) is 2.90. The summed E-state index contributed by atoms with van der Waals surface area (Å²) < 4.78 is 0. The van der Waals surface area contributed by atoms with Crippen molar-refractivity contribution in [2.24, 2.45) is 5.92 Å². The van der Waals surface area contributed by atoms with Gasteiger partial charge in [0.2, 0.25) is 0 Å². The highest BCUT2D eigenvalue weighted by Crippen LogP contribution is 2.06. The highest BCUT2D eigenvalue weighted by atomic mass is 79.9. The number of nitrogens with zero attached hydrogens (tertiary/aromatic N) is 1. The van der Waals surface area contributed by atoms with E-state index in [1.54, 1.807) is 0 Å². The van der Waals surface area contributed by atoms with E-state index in [0.717, 1.165) is 23.3 Å². The molecule has 0 radical (unpaired) electrons. The SMILES string of the molecule is Cc1cccc(CNC(CBr)C(C)C)n1. The van der Waals surface area contributed by atoms with Crippen LogP contribution in [0.5, 0.6) is 0 Å². The van der Waals surface area contributed by atoms with Crippen LogP contribution in [0.1, 0.15) is 25.2 Å². The van der Waals surface area contributed by atoms with Crippen LogP contribution >= 0.6 is 15.9 Å². The molecule has 1 unspecified atom stereocenters. The molecule has 0 amide bonds. The fraction of sp³-hybridized carbons (Fsp3) is 0.583. The molecule has 0 aliphatic carbocycles. The van der Waals surface area contributed by atoms with Crippen molar-refractivity contribution in [1.29, 1.82) is 0 Å². The number of rotatable bonds is 5. The minimum atomic E-state index is 0.507. The Balaban J connectivity index is 2.49. The van der Waals surface area contributed by atoms with Gasteiger partial charge in [0.15, 0.2) is 0 Å². The third-order valence-electron chi connectivity index (χ3n) is 2.46. The second-order valence-electron chi connectivity index (χ2n) is 4.16. The zero-order valence-electron chi connectivity index (χ0n) is 9.63. The standard InChI is InChI=1S/C12H19BrN2/c1-9(2)12(7-13)14-8-11-6-4-5-10(3)15-11/h4-6,9,12,14H,7-8H2,1-3H3. The number of hydrogen-bond acceptors (Lipinski definition) is 2. The van der Waals surface area contributed by atoms with Gasteiger partial charge in [-0.2, -0.15) is 0 Å². The molecule has 0 aliphatic rings. The maximum atomic E-state index is 4.46. The number of aromatic nitrogens is 1. The molecule has 15 heavy (non-hydrogen) atoms. The van der Waals surface area contributed by atoms with Gasteiger partial charge in [0.1, 0.15) is 0 Å². The molecule has 1 N–H and O–H groups in total. The molecule has 1 atom stereocenters. The van der Waals surface area contributed by atoms with Crippen molar-refractivity contribution in [2.45, 2.75) is 33.4 Å². The zero-order valence-corrected chi connectivity index (χ0v) is 11.2. The first kappa shape index (κ1) is 12.7. The zero-order chi connectivity index (χ0) is 11.3. The fourth-order valence-corrected chi connectivity index (χ4v) is 2.38. The van der Waals surface area contributed by atoms with Crippen molar-refractivity contribution in [2.75, 3.05) is 5.33 Å². The van der Waals surface area contributed by atoms with Gasteiger partial charge >= 0.3 is 0 Å². The van der Waals surface area contributed by atoms with E-state index in [4.69, 9.17) is 0 Å². The molecule has 84 valence electrons. The van der Waals surface area contributed by atoms with E-state index in [2.05, 4.69) is 52.2 Å². The molecule has 0 aliphatic heterocycles. The van der Waals surface area contributed by atoms with E-state index in [1.165, 1.54) is 0 Å². The normalized spacial score (nSPS) is 13.1. The van der Waals surface area contributed by atoms with Gasteiger partial charge in [-0.3, -0.25) is 4.98 Å². The molecule has 0 fully saturated rings. The van der Waals surface area contributed by atoms with E-state index in [1.807, 2.05) is 13.0 Å². The molecule has 1 aromatic heterocycles. The molecule has 1 rings (SSSR count). The third kappa shape index (κ3) is 4.31. The Morgan fingerprint density at radius 2 is 2.13 bits per heavy atom. The summed E-state index contributed by atoms with van der Waals surface area (Å²) in [6, 6.07) is 6.64. The molecule has 0 saturated heterocycles. The van der Waals surface area contributed by atoms with Crippen LogP contribution < -0.4 is 5.32 Å². The predicted molar refractivity (Wildman–Crippen MR) is 68.2 cm³/mol. The van der Waals surface area contributed by atoms with Gasteiger partial charge in [0, 0.05) is 23.6 Å². The van der Waals surface area contributed by atoms with Crippen molar-refractivity contribution in [3.8, 4) is 0 Å². The van der Waals surface area contributed by atoms with Crippen LogP contribution in [0.15, 0.2) is 18.2 Å². The molecule has 2 nitrogen and oxygen atoms in total. The van der Waals surface area contributed by atoms with E-state index in [-0.39, 0.29) is 0 Å². The van der Waals surface area contributed by atoms with Crippen LogP contribution in [0.25, 0.3) is 0 Å². The van der Waals surface area contributed by atoms with Crippen molar-refractivity contribution >= 4 is 15.9 Å². The van der Waals surface area contributed by atoms with Crippen molar-refractivity contribution in [1.82, 2.24) is 10.3 Å². The lowest BCUT2D eigenvalue weighted by Crippen LogP contribution is -2.34. The first-order chi connectivity index (χ1) is 7.13. The summed E-state index contributed by atoms with van der Waals surface area (Å²) in [6.07, 6.45) is 0. The highest BCUT2D eigenvalue weighted by Gasteiger charge is 2.10. The number of nitrogens with one attached hydrogen (secondary N) is 1. The fourth-order valence-electron chi connectivity index (χ4n) is 1.40. The van der Waals surface area contributed by atoms with Gasteiger partial charge in [-0.05, 0) is 25.0 Å². The molecule has 1 aromatic rings. The Labute approximate surface area is 101 Å². The van der Waals surface area contributed by atoms with E-state index < -0.39 is 0 Å². The maximum absolute atomic E-state index is 4.46. The highest BCUT2D eigenvalue weighted by molar-refractivity contribution is 9.09. The summed E-state index contributed by atoms with van der Waals surface area (Å²) in [4.78, 5) is 4.46. The minimum absolute atomic E-state index is 0.507. The lowest BCUT2D eigenvalue weighted by molar-refractivity contribution is 0.431. The number of pyridine rings is 1. The lowest BCUT2D eigenvalue weighted by atomic mass is 10.1. The molecular weight excluding hydrogens is 252 g/mol. The average molecular weight is 271 g/mol. The quantitative estimate of drug-likeness (QED) is 0.833. The van der Waals surface area contributed by atoms with Crippen LogP contribution in [0.2, 0.25) is 0 Å². The van der Waals surface area contributed by atoms with Gasteiger partial charge in [0.05, 0.1) is 5.69 Å². The molecular formula is C12H19BrN2. The molecule has 0 aromatic carbocycles. The van der Waals surface area contributed by atoms with Gasteiger partial charge in [-0.1, -0.05) is 35.8 Å². The Morgan fingerprint density at radius 1 is 1.40 bits per heavy atom. The third-order valence-corrected chi connectivity index (χ3v) is 3.16. The summed E-state index contributed by atoms with van der Waals surface area (Å²) in [7, 11) is 0. The summed E-state index contributed by atoms with van der Waals surface area (Å²) in [6.45, 7) is 7.31. The topological polar surface area (TPSA) is 24.9 Å². The Kier molecular flexibility index (Phi) is 5.26. The second-order valence-corrected chi connectivity index (χ2v) is 4.80. The van der Waals surface area contributed by atoms with Crippen LogP contribution in [-0.4, -0.2) is 16.4 Å². The molecule has 1 heterocycles.